The van der Waals surface area contributed by atoms with E-state index in [1.54, 1.807) is 11.8 Å². The van der Waals surface area contributed by atoms with Gasteiger partial charge in [0.15, 0.2) is 0 Å². The Morgan fingerprint density at radius 1 is 0.933 bits per heavy atom. The number of hydrogen-bond donors (Lipinski definition) is 1. The summed E-state index contributed by atoms with van der Waals surface area (Å²) in [5, 5.41) is 2.92. The van der Waals surface area contributed by atoms with Crippen LogP contribution in [0.4, 0.5) is 5.69 Å². The molecule has 2 aromatic rings. The van der Waals surface area contributed by atoms with Crippen molar-refractivity contribution >= 4 is 29.3 Å². The molecule has 2 amide bonds. The molecule has 0 atom stereocenters. The zero-order valence-corrected chi connectivity index (χ0v) is 18.0. The molecule has 1 aliphatic rings. The van der Waals surface area contributed by atoms with Crippen LogP contribution < -0.4 is 10.1 Å². The lowest BCUT2D eigenvalue weighted by molar-refractivity contribution is -0.128. The van der Waals surface area contributed by atoms with Crippen molar-refractivity contribution in [1.82, 2.24) is 9.80 Å². The number of carbonyl (C=O) groups is 2. The van der Waals surface area contributed by atoms with Gasteiger partial charge in [0.05, 0.1) is 18.9 Å². The molecule has 3 rings (SSSR count). The van der Waals surface area contributed by atoms with Gasteiger partial charge in [-0.05, 0) is 30.7 Å². The van der Waals surface area contributed by atoms with Gasteiger partial charge in [-0.3, -0.25) is 14.5 Å². The Morgan fingerprint density at radius 3 is 2.43 bits per heavy atom. The summed E-state index contributed by atoms with van der Waals surface area (Å²) in [6, 6.07) is 19.2. The fourth-order valence-corrected chi connectivity index (χ4v) is 3.99. The molecule has 0 radical (unpaired) electrons. The van der Waals surface area contributed by atoms with Crippen LogP contribution in [0.1, 0.15) is 6.42 Å². The van der Waals surface area contributed by atoms with E-state index in [9.17, 15) is 9.59 Å². The Bertz CT molecular complexity index is 789. The Hall–Kier alpha value is -2.51. The van der Waals surface area contributed by atoms with Gasteiger partial charge in [-0.1, -0.05) is 36.4 Å². The number of para-hydroxylation sites is 2. The largest absolute Gasteiger partial charge is 0.493 e. The summed E-state index contributed by atoms with van der Waals surface area (Å²) in [6.07, 6.45) is 0.881. The highest BCUT2D eigenvalue weighted by atomic mass is 32.2. The summed E-state index contributed by atoms with van der Waals surface area (Å²) in [5.41, 5.74) is 0.808. The molecule has 1 aliphatic heterocycles. The van der Waals surface area contributed by atoms with Gasteiger partial charge in [0.1, 0.15) is 5.75 Å². The van der Waals surface area contributed by atoms with Crippen LogP contribution in [-0.4, -0.2) is 72.5 Å². The minimum absolute atomic E-state index is 0.0186. The van der Waals surface area contributed by atoms with E-state index in [1.807, 2.05) is 65.6 Å². The third-order valence-electron chi connectivity index (χ3n) is 4.83. The first kappa shape index (κ1) is 22.2. The summed E-state index contributed by atoms with van der Waals surface area (Å²) in [6.45, 7) is 3.89. The van der Waals surface area contributed by atoms with Crippen LogP contribution in [0.25, 0.3) is 0 Å². The number of rotatable bonds is 9. The van der Waals surface area contributed by atoms with Crippen molar-refractivity contribution in [1.29, 1.82) is 0 Å². The number of amides is 2. The summed E-state index contributed by atoms with van der Waals surface area (Å²) in [4.78, 5) is 28.8. The SMILES string of the molecule is O=C(CN1CCCN(C(=O)CSCCOc2ccccc2)CC1)Nc1ccccc1. The van der Waals surface area contributed by atoms with Crippen molar-refractivity contribution in [3.8, 4) is 5.75 Å². The monoisotopic (exact) mass is 427 g/mol. The van der Waals surface area contributed by atoms with E-state index < -0.39 is 0 Å². The fourth-order valence-electron chi connectivity index (χ4n) is 3.29. The maximum atomic E-state index is 12.5. The van der Waals surface area contributed by atoms with Gasteiger partial charge < -0.3 is 15.0 Å². The quantitative estimate of drug-likeness (QED) is 0.624. The number of thioether (sulfide) groups is 1. The summed E-state index contributed by atoms with van der Waals surface area (Å²) in [7, 11) is 0. The standard InChI is InChI=1S/C23H29N3O3S/c27-22(24-20-8-3-1-4-9-20)18-25-12-7-13-26(15-14-25)23(28)19-30-17-16-29-21-10-5-2-6-11-21/h1-6,8-11H,7,12-19H2,(H,24,27). The Kier molecular flexibility index (Phi) is 9.05. The molecular formula is C23H29N3O3S. The van der Waals surface area contributed by atoms with E-state index in [-0.39, 0.29) is 11.8 Å². The second-order valence-electron chi connectivity index (χ2n) is 7.14. The minimum atomic E-state index is -0.0186. The molecule has 1 saturated heterocycles. The van der Waals surface area contributed by atoms with E-state index in [1.165, 1.54) is 0 Å². The van der Waals surface area contributed by atoms with Crippen molar-refractivity contribution < 1.29 is 14.3 Å². The summed E-state index contributed by atoms with van der Waals surface area (Å²) < 4.78 is 5.66. The average molecular weight is 428 g/mol. The molecule has 0 aliphatic carbocycles. The van der Waals surface area contributed by atoms with Crippen molar-refractivity contribution in [2.45, 2.75) is 6.42 Å². The third-order valence-corrected chi connectivity index (χ3v) is 5.74. The van der Waals surface area contributed by atoms with Gasteiger partial charge in [-0.15, -0.1) is 11.8 Å². The maximum absolute atomic E-state index is 12.5. The molecule has 0 unspecified atom stereocenters. The van der Waals surface area contributed by atoms with Crippen LogP contribution in [0.5, 0.6) is 5.75 Å². The van der Waals surface area contributed by atoms with E-state index >= 15 is 0 Å². The molecule has 0 aromatic heterocycles. The van der Waals surface area contributed by atoms with E-state index in [0.717, 1.165) is 43.2 Å². The van der Waals surface area contributed by atoms with Crippen molar-refractivity contribution in [3.63, 3.8) is 0 Å². The molecule has 2 aromatic carbocycles. The topological polar surface area (TPSA) is 61.9 Å². The predicted octanol–water partition coefficient (Wildman–Crippen LogP) is 2.97. The lowest BCUT2D eigenvalue weighted by Crippen LogP contribution is -2.38. The highest BCUT2D eigenvalue weighted by molar-refractivity contribution is 7.99. The number of nitrogens with one attached hydrogen (secondary N) is 1. The second kappa shape index (κ2) is 12.2. The first-order chi connectivity index (χ1) is 14.7. The van der Waals surface area contributed by atoms with Gasteiger partial charge in [-0.2, -0.15) is 0 Å². The van der Waals surface area contributed by atoms with Crippen LogP contribution in [0.3, 0.4) is 0 Å². The minimum Gasteiger partial charge on any atom is -0.493 e. The first-order valence-corrected chi connectivity index (χ1v) is 11.5. The molecule has 0 spiro atoms. The maximum Gasteiger partial charge on any atom is 0.238 e. The zero-order chi connectivity index (χ0) is 21.0. The van der Waals surface area contributed by atoms with Gasteiger partial charge in [0.2, 0.25) is 11.8 Å². The molecule has 0 saturated carbocycles. The van der Waals surface area contributed by atoms with Crippen LogP contribution >= 0.6 is 11.8 Å². The average Bonchev–Trinajstić information content (AvgIpc) is 3.00. The molecule has 6 nitrogen and oxygen atoms in total. The number of hydrogen-bond acceptors (Lipinski definition) is 5. The highest BCUT2D eigenvalue weighted by Gasteiger charge is 2.20. The van der Waals surface area contributed by atoms with Crippen molar-refractivity contribution in [2.75, 3.05) is 56.2 Å². The molecule has 30 heavy (non-hydrogen) atoms. The molecule has 0 bridgehead atoms. The lowest BCUT2D eigenvalue weighted by Gasteiger charge is -2.21. The Labute approximate surface area is 182 Å². The molecule has 7 heteroatoms. The number of anilines is 1. The van der Waals surface area contributed by atoms with Crippen molar-refractivity contribution in [2.24, 2.45) is 0 Å². The van der Waals surface area contributed by atoms with E-state index in [0.29, 0.717) is 25.4 Å². The van der Waals surface area contributed by atoms with Crippen LogP contribution in [-0.2, 0) is 9.59 Å². The zero-order valence-electron chi connectivity index (χ0n) is 17.2. The number of carbonyl (C=O) groups excluding carboxylic acids is 2. The third kappa shape index (κ3) is 7.72. The van der Waals surface area contributed by atoms with Crippen LogP contribution in [0, 0.1) is 0 Å². The lowest BCUT2D eigenvalue weighted by atomic mass is 10.3. The smallest absolute Gasteiger partial charge is 0.238 e. The predicted molar refractivity (Wildman–Crippen MR) is 122 cm³/mol. The molecule has 1 fully saturated rings. The van der Waals surface area contributed by atoms with Crippen LogP contribution in [0.2, 0.25) is 0 Å². The molecular weight excluding hydrogens is 398 g/mol. The fraction of sp³-hybridized carbons (Fsp3) is 0.391. The van der Waals surface area contributed by atoms with Crippen molar-refractivity contribution in [3.05, 3.63) is 60.7 Å². The summed E-state index contributed by atoms with van der Waals surface area (Å²) in [5.74, 6) is 2.24. The van der Waals surface area contributed by atoms with Crippen LogP contribution in [0.15, 0.2) is 60.7 Å². The van der Waals surface area contributed by atoms with E-state index in [2.05, 4.69) is 10.2 Å². The first-order valence-electron chi connectivity index (χ1n) is 10.3. The van der Waals surface area contributed by atoms with E-state index in [4.69, 9.17) is 4.74 Å². The highest BCUT2D eigenvalue weighted by Crippen LogP contribution is 2.11. The molecule has 160 valence electrons. The second-order valence-corrected chi connectivity index (χ2v) is 8.24. The van der Waals surface area contributed by atoms with Gasteiger partial charge in [0, 0.05) is 37.6 Å². The molecule has 1 heterocycles. The Morgan fingerprint density at radius 2 is 1.67 bits per heavy atom. The normalized spacial score (nSPS) is 14.7. The Balaban J connectivity index is 1.32. The number of benzene rings is 2. The van der Waals surface area contributed by atoms with Gasteiger partial charge in [-0.25, -0.2) is 0 Å². The van der Waals surface area contributed by atoms with Gasteiger partial charge >= 0.3 is 0 Å². The number of nitrogens with zero attached hydrogens (tertiary/aromatic N) is 2. The molecule has 1 N–H and O–H groups in total. The summed E-state index contributed by atoms with van der Waals surface area (Å²) >= 11 is 1.60. The van der Waals surface area contributed by atoms with Gasteiger partial charge in [0.25, 0.3) is 0 Å². The number of ether oxygens (including phenoxy) is 1.